The molecule has 2 unspecified atom stereocenters. The molecule has 330 valence electrons. The van der Waals surface area contributed by atoms with Gasteiger partial charge in [-0.3, -0.25) is 33.6 Å². The number of nitrogens with two attached hydrogens (primary N) is 1. The van der Waals surface area contributed by atoms with Gasteiger partial charge in [-0.2, -0.15) is 0 Å². The van der Waals surface area contributed by atoms with Crippen LogP contribution in [0.3, 0.4) is 0 Å². The monoisotopic (exact) mass is 867 g/mol. The molecule has 61 heavy (non-hydrogen) atoms. The molecule has 0 radical (unpaired) electrons. The Bertz CT molecular complexity index is 2020. The van der Waals surface area contributed by atoms with Gasteiger partial charge in [-0.1, -0.05) is 51.1 Å². The fourth-order valence-electron chi connectivity index (χ4n) is 6.40. The molecule has 2 atom stereocenters. The Morgan fingerprint density at radius 2 is 1.67 bits per heavy atom. The highest BCUT2D eigenvalue weighted by Gasteiger charge is 2.37. The number of allylic oxidation sites excluding steroid dienone is 1. The Labute approximate surface area is 358 Å². The van der Waals surface area contributed by atoms with E-state index in [1.807, 2.05) is 55.7 Å². The van der Waals surface area contributed by atoms with Crippen molar-refractivity contribution in [2.24, 2.45) is 11.1 Å². The summed E-state index contributed by atoms with van der Waals surface area (Å²) < 4.78 is 31.5. The zero-order valence-corrected chi connectivity index (χ0v) is 35.6. The number of likely N-dealkylation sites (N-methyl/N-ethyl adjacent to an activating group) is 1. The average Bonchev–Trinajstić information content (AvgIpc) is 3.61. The van der Waals surface area contributed by atoms with Gasteiger partial charge in [0.15, 0.2) is 0 Å². The smallest absolute Gasteiger partial charge is 0.303 e. The third-order valence-electron chi connectivity index (χ3n) is 9.25. The molecule has 0 aliphatic carbocycles. The highest BCUT2D eigenvalue weighted by atomic mass is 32.2. The zero-order chi connectivity index (χ0) is 45.1. The summed E-state index contributed by atoms with van der Waals surface area (Å²) in [7, 11) is 1.37. The highest BCUT2D eigenvalue weighted by Crippen LogP contribution is 2.41. The Morgan fingerprint density at radius 3 is 2.33 bits per heavy atom. The summed E-state index contributed by atoms with van der Waals surface area (Å²) in [6.07, 6.45) is 3.77. The number of carbonyl (C=O) groups is 7. The molecule has 15 nitrogen and oxygen atoms in total. The van der Waals surface area contributed by atoms with E-state index < -0.39 is 71.6 Å². The molecular formula is C43H55F2N7O8S. The van der Waals surface area contributed by atoms with Crippen LogP contribution in [0.15, 0.2) is 72.9 Å². The lowest BCUT2D eigenvalue weighted by atomic mass is 9.83. The van der Waals surface area contributed by atoms with Gasteiger partial charge in [-0.25, -0.2) is 8.78 Å². The Balaban J connectivity index is 1.84. The molecule has 0 aliphatic rings. The maximum Gasteiger partial charge on any atom is 0.303 e. The molecule has 0 aliphatic heterocycles. The lowest BCUT2D eigenvalue weighted by molar-refractivity contribution is -0.139. The van der Waals surface area contributed by atoms with E-state index in [2.05, 4.69) is 16.0 Å². The number of hydrogen-bond donors (Lipinski definition) is 5. The number of rotatable bonds is 24. The van der Waals surface area contributed by atoms with E-state index in [0.717, 1.165) is 52.6 Å². The van der Waals surface area contributed by atoms with Gasteiger partial charge in [0.1, 0.15) is 24.0 Å². The van der Waals surface area contributed by atoms with Crippen LogP contribution in [0.2, 0.25) is 0 Å². The lowest BCUT2D eigenvalue weighted by Gasteiger charge is -2.41. The van der Waals surface area contributed by atoms with Gasteiger partial charge in [-0.15, -0.1) is 11.8 Å². The van der Waals surface area contributed by atoms with Crippen LogP contribution in [0.4, 0.5) is 8.78 Å². The molecule has 0 bridgehead atoms. The standard InChI is InChI=1S/C43H55F2N7O8S/c1-43(2,3)41(35-22-30(32-23-31(44)13-14-33(32)45)25-51(35)24-29-10-6-5-7-11-29)52(20-9-17-46)39(57)28-61-27-34(49-36(54)15-16-40(58)59)42(60)48-19-18-47-37(55)26-50(4)38(56)12-8-21-53/h5-8,10-14,21-23,25,34,41H,9,15-20,24,26-28,46H2,1-4H3,(H,47,55)(H,48,60)(H,49,54)(H,58,59)/b12-8-. The number of carbonyl (C=O) groups excluding carboxylic acids is 6. The fourth-order valence-corrected chi connectivity index (χ4v) is 7.33. The minimum atomic E-state index is -1.20. The molecule has 0 fully saturated rings. The van der Waals surface area contributed by atoms with Gasteiger partial charge in [0.2, 0.25) is 29.5 Å². The molecular weight excluding hydrogens is 813 g/mol. The van der Waals surface area contributed by atoms with Crippen molar-refractivity contribution in [3.63, 3.8) is 0 Å². The van der Waals surface area contributed by atoms with Crippen molar-refractivity contribution < 1.29 is 47.4 Å². The van der Waals surface area contributed by atoms with Gasteiger partial charge in [0, 0.05) is 74.5 Å². The van der Waals surface area contributed by atoms with E-state index in [4.69, 9.17) is 10.8 Å². The molecule has 3 rings (SSSR count). The van der Waals surface area contributed by atoms with Crippen LogP contribution in [0, 0.1) is 17.0 Å². The van der Waals surface area contributed by atoms with Gasteiger partial charge in [0.05, 0.1) is 24.8 Å². The lowest BCUT2D eigenvalue weighted by Crippen LogP contribution is -2.50. The van der Waals surface area contributed by atoms with Crippen LogP contribution in [0.1, 0.15) is 57.3 Å². The second-order valence-electron chi connectivity index (χ2n) is 15.2. The van der Waals surface area contributed by atoms with Crippen molar-refractivity contribution in [2.75, 3.05) is 51.3 Å². The van der Waals surface area contributed by atoms with E-state index in [-0.39, 0.29) is 55.7 Å². The van der Waals surface area contributed by atoms with Gasteiger partial charge in [0.25, 0.3) is 0 Å². The number of thioether (sulfide) groups is 1. The topological polar surface area (TPSA) is 213 Å². The molecule has 6 N–H and O–H groups in total. The minimum absolute atomic E-state index is 0.0358. The maximum absolute atomic E-state index is 15.2. The molecule has 3 aromatic rings. The summed E-state index contributed by atoms with van der Waals surface area (Å²) >= 11 is 1.07. The molecule has 0 saturated heterocycles. The summed E-state index contributed by atoms with van der Waals surface area (Å²) in [5.41, 5.74) is 7.45. The predicted octanol–water partition coefficient (Wildman–Crippen LogP) is 3.27. The number of aromatic nitrogens is 1. The van der Waals surface area contributed by atoms with E-state index in [9.17, 15) is 38.0 Å². The van der Waals surface area contributed by atoms with Crippen molar-refractivity contribution in [3.8, 4) is 11.1 Å². The number of carboxylic acids is 1. The number of aliphatic carboxylic acids is 1. The second kappa shape index (κ2) is 24.4. The number of halogens is 2. The van der Waals surface area contributed by atoms with Crippen molar-refractivity contribution in [1.29, 1.82) is 0 Å². The molecule has 5 amide bonds. The van der Waals surface area contributed by atoms with Gasteiger partial charge < -0.3 is 41.2 Å². The van der Waals surface area contributed by atoms with Crippen LogP contribution in [-0.4, -0.2) is 119 Å². The number of aldehydes is 1. The number of nitrogens with zero attached hydrogens (tertiary/aromatic N) is 3. The van der Waals surface area contributed by atoms with Crippen molar-refractivity contribution in [2.45, 2.75) is 58.7 Å². The summed E-state index contributed by atoms with van der Waals surface area (Å²) in [6, 6.07) is 12.8. The van der Waals surface area contributed by atoms with Crippen molar-refractivity contribution >= 4 is 53.6 Å². The van der Waals surface area contributed by atoms with Gasteiger partial charge >= 0.3 is 5.97 Å². The highest BCUT2D eigenvalue weighted by molar-refractivity contribution is 8.00. The third kappa shape index (κ3) is 16.2. The Morgan fingerprint density at radius 1 is 0.967 bits per heavy atom. The first-order valence-corrected chi connectivity index (χ1v) is 20.8. The average molecular weight is 868 g/mol. The number of carboxylic acid groups (broad SMARTS) is 1. The van der Waals surface area contributed by atoms with Crippen LogP contribution in [-0.2, 0) is 40.1 Å². The summed E-state index contributed by atoms with van der Waals surface area (Å²) in [4.78, 5) is 89.0. The van der Waals surface area contributed by atoms with Gasteiger partial charge in [-0.05, 0) is 54.3 Å². The normalized spacial score (nSPS) is 12.3. The van der Waals surface area contributed by atoms with Crippen LogP contribution < -0.4 is 21.7 Å². The van der Waals surface area contributed by atoms with Crippen LogP contribution >= 0.6 is 11.8 Å². The Kier molecular flexibility index (Phi) is 19.8. The van der Waals surface area contributed by atoms with E-state index >= 15 is 4.39 Å². The summed E-state index contributed by atoms with van der Waals surface area (Å²) in [5.74, 6) is -5.37. The third-order valence-corrected chi connectivity index (χ3v) is 10.3. The first kappa shape index (κ1) is 49.5. The summed E-state index contributed by atoms with van der Waals surface area (Å²) in [5, 5.41) is 16.8. The van der Waals surface area contributed by atoms with Crippen molar-refractivity contribution in [1.82, 2.24) is 30.3 Å². The zero-order valence-electron chi connectivity index (χ0n) is 34.8. The number of amides is 5. The quantitative estimate of drug-likeness (QED) is 0.0504. The molecule has 2 aromatic carbocycles. The first-order chi connectivity index (χ1) is 28.9. The van der Waals surface area contributed by atoms with E-state index in [1.165, 1.54) is 7.05 Å². The van der Waals surface area contributed by atoms with Crippen LogP contribution in [0.5, 0.6) is 0 Å². The largest absolute Gasteiger partial charge is 0.481 e. The second-order valence-corrected chi connectivity index (χ2v) is 16.3. The molecule has 1 aromatic heterocycles. The van der Waals surface area contributed by atoms with Crippen LogP contribution in [0.25, 0.3) is 11.1 Å². The van der Waals surface area contributed by atoms with E-state index in [1.54, 1.807) is 17.2 Å². The molecule has 0 saturated carbocycles. The molecule has 18 heteroatoms. The number of hydrogen-bond acceptors (Lipinski definition) is 9. The SMILES string of the molecule is CN(CC(=O)NCCNC(=O)C(CSCC(=O)N(CCCN)C(c1cc(-c2cc(F)ccc2F)cn1Cc1ccccc1)C(C)(C)C)NC(=O)CCC(=O)O)C(=O)/C=C\C=O. The number of nitrogens with one attached hydrogen (secondary N) is 3. The van der Waals surface area contributed by atoms with Crippen molar-refractivity contribution in [3.05, 3.63) is 95.8 Å². The summed E-state index contributed by atoms with van der Waals surface area (Å²) in [6.45, 7) is 6.38. The Hall–Kier alpha value is -5.88. The molecule has 1 heterocycles. The number of benzene rings is 2. The van der Waals surface area contributed by atoms with E-state index in [0.29, 0.717) is 30.5 Å². The minimum Gasteiger partial charge on any atom is -0.481 e. The first-order valence-electron chi connectivity index (χ1n) is 19.6. The fraction of sp³-hybridized carbons (Fsp3) is 0.419. The molecule has 0 spiro atoms. The predicted molar refractivity (Wildman–Crippen MR) is 228 cm³/mol. The maximum atomic E-state index is 15.2.